The second-order valence-electron chi connectivity index (χ2n) is 5.66. The van der Waals surface area contributed by atoms with Gasteiger partial charge in [-0.25, -0.2) is 8.78 Å². The summed E-state index contributed by atoms with van der Waals surface area (Å²) < 4.78 is 29.7. The molecule has 1 heterocycles. The van der Waals surface area contributed by atoms with E-state index < -0.39 is 11.6 Å². The summed E-state index contributed by atoms with van der Waals surface area (Å²) in [6.07, 6.45) is 5.58. The largest absolute Gasteiger partial charge is 0.328 e. The van der Waals surface area contributed by atoms with Crippen molar-refractivity contribution in [3.63, 3.8) is 0 Å². The van der Waals surface area contributed by atoms with E-state index in [9.17, 15) is 8.78 Å². The quantitative estimate of drug-likeness (QED) is 0.763. The molecule has 0 radical (unpaired) electrons. The molecular formula is C15H18F2N2S. The minimum absolute atomic E-state index is 0.250. The van der Waals surface area contributed by atoms with E-state index in [2.05, 4.69) is 11.9 Å². The average molecular weight is 296 g/mol. The Hall–Kier alpha value is -1.23. The maximum absolute atomic E-state index is 13.8. The van der Waals surface area contributed by atoms with Gasteiger partial charge in [0.05, 0.1) is 5.52 Å². The zero-order valence-corrected chi connectivity index (χ0v) is 12.3. The van der Waals surface area contributed by atoms with Gasteiger partial charge in [0.25, 0.3) is 0 Å². The summed E-state index contributed by atoms with van der Waals surface area (Å²) in [4.78, 5) is 2.88. The Labute approximate surface area is 121 Å². The molecule has 0 bridgehead atoms. The summed E-state index contributed by atoms with van der Waals surface area (Å²) in [5.41, 5.74) is 0.862. The van der Waals surface area contributed by atoms with E-state index in [1.54, 1.807) is 0 Å². The third-order valence-electron chi connectivity index (χ3n) is 4.50. The van der Waals surface area contributed by atoms with Gasteiger partial charge in [0.2, 0.25) is 0 Å². The fraction of sp³-hybridized carbons (Fsp3) is 0.533. The third kappa shape index (κ3) is 2.28. The monoisotopic (exact) mass is 296 g/mol. The van der Waals surface area contributed by atoms with Crippen LogP contribution < -0.4 is 0 Å². The molecule has 0 atom stereocenters. The van der Waals surface area contributed by atoms with Crippen LogP contribution in [0.2, 0.25) is 0 Å². The molecule has 20 heavy (non-hydrogen) atoms. The molecule has 1 aromatic heterocycles. The first-order chi connectivity index (χ1) is 9.60. The summed E-state index contributed by atoms with van der Waals surface area (Å²) in [6.45, 7) is 2.22. The Morgan fingerprint density at radius 3 is 2.60 bits per heavy atom. The highest BCUT2D eigenvalue weighted by atomic mass is 32.1. The fourth-order valence-electron chi connectivity index (χ4n) is 3.32. The molecule has 0 unspecified atom stereocenters. The number of hydrogen-bond acceptors (Lipinski definition) is 1. The molecular weight excluding hydrogens is 278 g/mol. The Morgan fingerprint density at radius 2 is 1.95 bits per heavy atom. The molecule has 3 rings (SSSR count). The first-order valence-corrected chi connectivity index (χ1v) is 7.60. The first-order valence-electron chi connectivity index (χ1n) is 7.19. The van der Waals surface area contributed by atoms with Gasteiger partial charge >= 0.3 is 0 Å². The molecule has 1 aliphatic rings. The van der Waals surface area contributed by atoms with Crippen molar-refractivity contribution < 1.29 is 8.78 Å². The van der Waals surface area contributed by atoms with Crippen LogP contribution in [-0.4, -0.2) is 9.55 Å². The van der Waals surface area contributed by atoms with E-state index in [0.29, 0.717) is 15.8 Å². The van der Waals surface area contributed by atoms with Crippen molar-refractivity contribution in [3.05, 3.63) is 28.5 Å². The molecule has 1 fully saturated rings. The van der Waals surface area contributed by atoms with Crippen molar-refractivity contribution in [1.29, 1.82) is 0 Å². The fourth-order valence-corrected chi connectivity index (χ4v) is 3.67. The van der Waals surface area contributed by atoms with Crippen LogP contribution in [0.3, 0.4) is 0 Å². The van der Waals surface area contributed by atoms with E-state index in [1.165, 1.54) is 12.5 Å². The number of nitrogens with zero attached hydrogens (tertiary/aromatic N) is 1. The van der Waals surface area contributed by atoms with E-state index in [4.69, 9.17) is 12.2 Å². The van der Waals surface area contributed by atoms with Crippen LogP contribution in [0, 0.1) is 22.3 Å². The number of aromatic amines is 1. The number of aromatic nitrogens is 2. The molecule has 1 saturated carbocycles. The molecule has 108 valence electrons. The summed E-state index contributed by atoms with van der Waals surface area (Å²) in [6, 6.07) is 2.52. The molecule has 0 amide bonds. The highest BCUT2D eigenvalue weighted by molar-refractivity contribution is 7.71. The molecule has 2 aromatic rings. The normalized spacial score (nSPS) is 23.4. The van der Waals surface area contributed by atoms with Gasteiger partial charge in [0, 0.05) is 12.1 Å². The average Bonchev–Trinajstić information content (AvgIpc) is 2.76. The molecule has 0 aliphatic heterocycles. The van der Waals surface area contributed by atoms with E-state index in [-0.39, 0.29) is 6.04 Å². The second kappa shape index (κ2) is 5.28. The number of nitrogens with one attached hydrogen (secondary N) is 1. The highest BCUT2D eigenvalue weighted by Gasteiger charge is 2.24. The molecule has 1 aliphatic carbocycles. The van der Waals surface area contributed by atoms with Crippen molar-refractivity contribution in [1.82, 2.24) is 9.55 Å². The number of H-pyrrole nitrogens is 1. The van der Waals surface area contributed by atoms with Crippen LogP contribution in [0.15, 0.2) is 12.1 Å². The zero-order valence-electron chi connectivity index (χ0n) is 11.5. The number of benzene rings is 1. The van der Waals surface area contributed by atoms with Gasteiger partial charge in [-0.1, -0.05) is 13.3 Å². The van der Waals surface area contributed by atoms with Gasteiger partial charge in [-0.3, -0.25) is 0 Å². The van der Waals surface area contributed by atoms with Crippen LogP contribution in [-0.2, 0) is 0 Å². The minimum atomic E-state index is -0.577. The number of fused-ring (bicyclic) bond motifs is 1. The minimum Gasteiger partial charge on any atom is -0.328 e. The second-order valence-corrected chi connectivity index (χ2v) is 6.05. The van der Waals surface area contributed by atoms with Gasteiger partial charge in [0.1, 0.15) is 11.3 Å². The molecule has 5 heteroatoms. The summed E-state index contributed by atoms with van der Waals surface area (Å²) in [5, 5.41) is 0. The molecule has 2 nitrogen and oxygen atoms in total. The number of rotatable bonds is 2. The Balaban J connectivity index is 2.04. The predicted octanol–water partition coefficient (Wildman–Crippen LogP) is 5.12. The van der Waals surface area contributed by atoms with Crippen LogP contribution in [0.25, 0.3) is 11.0 Å². The van der Waals surface area contributed by atoms with Gasteiger partial charge in [0.15, 0.2) is 10.6 Å². The number of hydrogen-bond donors (Lipinski definition) is 1. The van der Waals surface area contributed by atoms with E-state index in [1.807, 2.05) is 4.57 Å². The van der Waals surface area contributed by atoms with Gasteiger partial charge < -0.3 is 9.55 Å². The molecule has 1 aromatic carbocycles. The van der Waals surface area contributed by atoms with Crippen molar-refractivity contribution in [2.75, 3.05) is 0 Å². The maximum Gasteiger partial charge on any atom is 0.178 e. The lowest BCUT2D eigenvalue weighted by molar-refractivity contribution is 0.271. The Morgan fingerprint density at radius 1 is 1.25 bits per heavy atom. The number of halogens is 2. The van der Waals surface area contributed by atoms with Crippen molar-refractivity contribution in [2.24, 2.45) is 5.92 Å². The van der Waals surface area contributed by atoms with Crippen molar-refractivity contribution in [2.45, 2.75) is 45.1 Å². The van der Waals surface area contributed by atoms with E-state index >= 15 is 0 Å². The summed E-state index contributed by atoms with van der Waals surface area (Å²) in [5.74, 6) is -0.355. The predicted molar refractivity (Wildman–Crippen MR) is 78.3 cm³/mol. The summed E-state index contributed by atoms with van der Waals surface area (Å²) >= 11 is 5.31. The SMILES string of the molecule is CCC1CCC(n2c(=S)[nH]c3c(F)cc(F)cc32)CC1. The van der Waals surface area contributed by atoms with Crippen LogP contribution >= 0.6 is 12.2 Å². The van der Waals surface area contributed by atoms with Gasteiger partial charge in [-0.2, -0.15) is 0 Å². The molecule has 0 saturated heterocycles. The Bertz CT molecular complexity index is 681. The van der Waals surface area contributed by atoms with Gasteiger partial charge in [-0.05, 0) is 49.9 Å². The van der Waals surface area contributed by atoms with E-state index in [0.717, 1.165) is 37.7 Å². The van der Waals surface area contributed by atoms with Gasteiger partial charge in [-0.15, -0.1) is 0 Å². The highest BCUT2D eigenvalue weighted by Crippen LogP contribution is 2.36. The van der Waals surface area contributed by atoms with Crippen LogP contribution in [0.1, 0.15) is 45.1 Å². The third-order valence-corrected chi connectivity index (χ3v) is 4.80. The first kappa shape index (κ1) is 13.7. The Kier molecular flexibility index (Phi) is 3.63. The van der Waals surface area contributed by atoms with Crippen molar-refractivity contribution in [3.8, 4) is 0 Å². The maximum atomic E-state index is 13.8. The smallest absolute Gasteiger partial charge is 0.178 e. The zero-order chi connectivity index (χ0) is 14.3. The van der Waals surface area contributed by atoms with Crippen LogP contribution in [0.4, 0.5) is 8.78 Å². The molecule has 1 N–H and O–H groups in total. The number of imidazole rings is 1. The topological polar surface area (TPSA) is 20.7 Å². The molecule has 0 spiro atoms. The lowest BCUT2D eigenvalue weighted by Gasteiger charge is -2.29. The summed E-state index contributed by atoms with van der Waals surface area (Å²) in [7, 11) is 0. The van der Waals surface area contributed by atoms with Crippen molar-refractivity contribution >= 4 is 23.3 Å². The lowest BCUT2D eigenvalue weighted by atomic mass is 9.84. The lowest BCUT2D eigenvalue weighted by Crippen LogP contribution is -2.18. The standard InChI is InChI=1S/C15H18F2N2S/c1-2-9-3-5-11(6-4-9)19-13-8-10(16)7-12(17)14(13)18-15(19)20/h7-9,11H,2-6H2,1H3,(H,18,20). The van der Waals surface area contributed by atoms with Crippen LogP contribution in [0.5, 0.6) is 0 Å².